The molecule has 0 radical (unpaired) electrons. The Bertz CT molecular complexity index is 1350. The molecule has 1 aromatic heterocycles. The van der Waals surface area contributed by atoms with E-state index < -0.39 is 5.54 Å². The second-order valence-electron chi connectivity index (χ2n) is 12.6. The molecule has 3 fully saturated rings. The standard InChI is InChI=1S/C31H43N7O3/c32-27(33)5-3-1-2-4-20-6-9-23(10-7-20)38-19-26-28(36-30(38)40)35-24-18-22(8-11-25(24)41-26)21-12-16-37(17-13-21)29(39)31(34)14-15-31/h8,11,18-21,23H,1-7,9-10,12-17,34H2,(H3,32,33)(H,35,36,40). The van der Waals surface area contributed by atoms with Crippen LogP contribution in [-0.4, -0.2) is 44.8 Å². The molecule has 220 valence electrons. The second-order valence-corrected chi connectivity index (χ2v) is 12.6. The molecule has 2 aliphatic heterocycles. The van der Waals surface area contributed by atoms with E-state index in [2.05, 4.69) is 22.4 Å². The van der Waals surface area contributed by atoms with E-state index in [4.69, 9.17) is 21.6 Å². The molecule has 0 bridgehead atoms. The van der Waals surface area contributed by atoms with Gasteiger partial charge in [0, 0.05) is 25.6 Å². The van der Waals surface area contributed by atoms with Crippen LogP contribution in [0.4, 0.5) is 11.5 Å². The highest BCUT2D eigenvalue weighted by molar-refractivity contribution is 5.89. The number of aromatic nitrogens is 2. The first-order chi connectivity index (χ1) is 19.8. The summed E-state index contributed by atoms with van der Waals surface area (Å²) in [6.07, 6.45) is 14.6. The quantitative estimate of drug-likeness (QED) is 0.165. The Kier molecular flexibility index (Phi) is 7.76. The highest BCUT2D eigenvalue weighted by Gasteiger charge is 2.48. The molecule has 10 heteroatoms. The van der Waals surface area contributed by atoms with Gasteiger partial charge in [-0.1, -0.05) is 25.3 Å². The monoisotopic (exact) mass is 561 g/mol. The minimum absolute atomic E-state index is 0.107. The molecule has 4 aliphatic rings. The molecule has 0 spiro atoms. The molecule has 2 aromatic rings. The molecule has 1 aromatic carbocycles. The number of amides is 1. The van der Waals surface area contributed by atoms with Crippen molar-refractivity contribution in [2.24, 2.45) is 17.4 Å². The number of carbonyl (C=O) groups excluding carboxylic acids is 1. The minimum Gasteiger partial charge on any atom is -0.450 e. The zero-order valence-corrected chi connectivity index (χ0v) is 23.9. The SMILES string of the molecule is N=C(N)CCCCCC1CCC(n2cc3c(nc2=O)Nc2cc(C4CCN(C(=O)C5(N)CC5)CC4)ccc2O3)CC1. The molecule has 1 saturated heterocycles. The van der Waals surface area contributed by atoms with Crippen molar-refractivity contribution in [3.8, 4) is 11.5 Å². The third-order valence-electron chi connectivity index (χ3n) is 9.63. The third kappa shape index (κ3) is 6.12. The number of hydrogen-bond acceptors (Lipinski definition) is 7. The summed E-state index contributed by atoms with van der Waals surface area (Å²) in [5, 5.41) is 10.7. The number of anilines is 2. The summed E-state index contributed by atoms with van der Waals surface area (Å²) < 4.78 is 8.01. The summed E-state index contributed by atoms with van der Waals surface area (Å²) in [6.45, 7) is 1.47. The molecule has 3 heterocycles. The van der Waals surface area contributed by atoms with Crippen molar-refractivity contribution in [1.82, 2.24) is 14.5 Å². The maximum Gasteiger partial charge on any atom is 0.350 e. The van der Waals surface area contributed by atoms with Gasteiger partial charge in [-0.3, -0.25) is 14.8 Å². The van der Waals surface area contributed by atoms with Crippen LogP contribution in [0.2, 0.25) is 0 Å². The van der Waals surface area contributed by atoms with Crippen LogP contribution in [0, 0.1) is 11.3 Å². The number of nitrogens with zero attached hydrogens (tertiary/aromatic N) is 3. The minimum atomic E-state index is -0.601. The van der Waals surface area contributed by atoms with Crippen molar-refractivity contribution < 1.29 is 9.53 Å². The Morgan fingerprint density at radius 2 is 1.83 bits per heavy atom. The Morgan fingerprint density at radius 3 is 2.54 bits per heavy atom. The van der Waals surface area contributed by atoms with Crippen LogP contribution in [0.25, 0.3) is 0 Å². The Balaban J connectivity index is 1.04. The predicted molar refractivity (Wildman–Crippen MR) is 159 cm³/mol. The largest absolute Gasteiger partial charge is 0.450 e. The van der Waals surface area contributed by atoms with E-state index >= 15 is 0 Å². The molecule has 10 nitrogen and oxygen atoms in total. The van der Waals surface area contributed by atoms with Crippen LogP contribution in [0.15, 0.2) is 29.2 Å². The Morgan fingerprint density at radius 1 is 1.07 bits per heavy atom. The van der Waals surface area contributed by atoms with Gasteiger partial charge in [-0.2, -0.15) is 4.98 Å². The van der Waals surface area contributed by atoms with Crippen LogP contribution < -0.4 is 27.2 Å². The zero-order chi connectivity index (χ0) is 28.6. The summed E-state index contributed by atoms with van der Waals surface area (Å²) in [4.78, 5) is 32.0. The number of unbranched alkanes of at least 4 members (excludes halogenated alkanes) is 2. The number of nitrogens with two attached hydrogens (primary N) is 2. The van der Waals surface area contributed by atoms with Crippen molar-refractivity contribution in [3.05, 3.63) is 40.4 Å². The van der Waals surface area contributed by atoms with Crippen molar-refractivity contribution in [1.29, 1.82) is 5.41 Å². The van der Waals surface area contributed by atoms with Gasteiger partial charge in [0.05, 0.1) is 23.3 Å². The number of amidine groups is 1. The number of carbonyl (C=O) groups is 1. The highest BCUT2D eigenvalue weighted by atomic mass is 16.5. The lowest BCUT2D eigenvalue weighted by Gasteiger charge is -2.34. The summed E-state index contributed by atoms with van der Waals surface area (Å²) in [5.74, 6) is 3.23. The van der Waals surface area contributed by atoms with Gasteiger partial charge >= 0.3 is 5.69 Å². The lowest BCUT2D eigenvalue weighted by Crippen LogP contribution is -2.48. The van der Waals surface area contributed by atoms with Crippen LogP contribution in [0.1, 0.15) is 101 Å². The fourth-order valence-corrected chi connectivity index (χ4v) is 6.83. The van der Waals surface area contributed by atoms with Gasteiger partial charge in [-0.25, -0.2) is 4.79 Å². The molecular weight excluding hydrogens is 518 g/mol. The number of rotatable bonds is 9. The first kappa shape index (κ1) is 27.8. The number of benzene rings is 1. The molecular formula is C31H43N7O3. The van der Waals surface area contributed by atoms with Crippen molar-refractivity contribution >= 4 is 23.2 Å². The molecule has 41 heavy (non-hydrogen) atoms. The van der Waals surface area contributed by atoms with Gasteiger partial charge in [0.1, 0.15) is 0 Å². The summed E-state index contributed by atoms with van der Waals surface area (Å²) in [7, 11) is 0. The van der Waals surface area contributed by atoms with Gasteiger partial charge in [-0.05, 0) is 87.3 Å². The average molecular weight is 562 g/mol. The summed E-state index contributed by atoms with van der Waals surface area (Å²) in [5.41, 5.74) is 12.8. The maximum absolute atomic E-state index is 13.0. The highest BCUT2D eigenvalue weighted by Crippen LogP contribution is 2.44. The van der Waals surface area contributed by atoms with Crippen molar-refractivity contribution in [3.63, 3.8) is 0 Å². The van der Waals surface area contributed by atoms with E-state index in [0.717, 1.165) is 88.7 Å². The van der Waals surface area contributed by atoms with Crippen LogP contribution in [-0.2, 0) is 4.79 Å². The molecule has 0 atom stereocenters. The van der Waals surface area contributed by atoms with E-state index in [9.17, 15) is 9.59 Å². The molecule has 6 rings (SSSR count). The van der Waals surface area contributed by atoms with Gasteiger partial charge in [-0.15, -0.1) is 0 Å². The van der Waals surface area contributed by atoms with Crippen molar-refractivity contribution in [2.45, 2.75) is 101 Å². The van der Waals surface area contributed by atoms with E-state index in [1.807, 2.05) is 17.2 Å². The smallest absolute Gasteiger partial charge is 0.350 e. The zero-order valence-electron chi connectivity index (χ0n) is 23.9. The van der Waals surface area contributed by atoms with Gasteiger partial charge < -0.3 is 26.4 Å². The van der Waals surface area contributed by atoms with E-state index in [0.29, 0.717) is 29.8 Å². The predicted octanol–water partition coefficient (Wildman–Crippen LogP) is 4.91. The molecule has 2 aliphatic carbocycles. The first-order valence-corrected chi connectivity index (χ1v) is 15.4. The summed E-state index contributed by atoms with van der Waals surface area (Å²) in [6, 6.07) is 6.35. The van der Waals surface area contributed by atoms with E-state index in [1.54, 1.807) is 4.57 Å². The third-order valence-corrected chi connectivity index (χ3v) is 9.63. The number of hydrogen-bond donors (Lipinski definition) is 4. The second kappa shape index (κ2) is 11.5. The number of fused-ring (bicyclic) bond motifs is 2. The molecule has 1 amide bonds. The van der Waals surface area contributed by atoms with Gasteiger partial charge in [0.2, 0.25) is 5.91 Å². The lowest BCUT2D eigenvalue weighted by molar-refractivity contribution is -0.134. The van der Waals surface area contributed by atoms with E-state index in [-0.39, 0.29) is 23.5 Å². The molecule has 6 N–H and O–H groups in total. The molecule has 0 unspecified atom stereocenters. The lowest BCUT2D eigenvalue weighted by atomic mass is 9.83. The van der Waals surface area contributed by atoms with E-state index in [1.165, 1.54) is 18.4 Å². The number of likely N-dealkylation sites (tertiary alicyclic amines) is 1. The van der Waals surface area contributed by atoms with Crippen LogP contribution >= 0.6 is 0 Å². The Hall–Kier alpha value is -3.40. The van der Waals surface area contributed by atoms with Crippen LogP contribution in [0.3, 0.4) is 0 Å². The number of ether oxygens (including phenoxy) is 1. The molecule has 2 saturated carbocycles. The topological polar surface area (TPSA) is 152 Å². The number of nitrogens with one attached hydrogen (secondary N) is 2. The fraction of sp³-hybridized carbons (Fsp3) is 0.613. The van der Waals surface area contributed by atoms with Crippen LogP contribution in [0.5, 0.6) is 11.5 Å². The normalized spacial score (nSPS) is 23.1. The summed E-state index contributed by atoms with van der Waals surface area (Å²) >= 11 is 0. The van der Waals surface area contributed by atoms with Gasteiger partial charge in [0.25, 0.3) is 0 Å². The van der Waals surface area contributed by atoms with Gasteiger partial charge in [0.15, 0.2) is 17.3 Å². The number of piperidine rings is 1. The first-order valence-electron chi connectivity index (χ1n) is 15.4. The maximum atomic E-state index is 13.0. The van der Waals surface area contributed by atoms with Crippen molar-refractivity contribution in [2.75, 3.05) is 18.4 Å². The average Bonchev–Trinajstić information content (AvgIpc) is 3.73. The Labute approximate surface area is 241 Å². The fourth-order valence-electron chi connectivity index (χ4n) is 6.83.